The van der Waals surface area contributed by atoms with Crippen LogP contribution in [0.2, 0.25) is 0 Å². The summed E-state index contributed by atoms with van der Waals surface area (Å²) in [6.45, 7) is 2.09. The van der Waals surface area contributed by atoms with Gasteiger partial charge in [-0.15, -0.1) is 16.4 Å². The van der Waals surface area contributed by atoms with E-state index in [2.05, 4.69) is 20.8 Å². The largest absolute Gasteiger partial charge is 0.391 e. The van der Waals surface area contributed by atoms with Crippen molar-refractivity contribution in [2.75, 3.05) is 6.54 Å². The van der Waals surface area contributed by atoms with Gasteiger partial charge in [0.1, 0.15) is 11.2 Å². The van der Waals surface area contributed by atoms with E-state index in [0.29, 0.717) is 17.0 Å². The van der Waals surface area contributed by atoms with Gasteiger partial charge >= 0.3 is 0 Å². The van der Waals surface area contributed by atoms with Crippen LogP contribution in [0.3, 0.4) is 0 Å². The SMILES string of the molecule is CCC(O)CNC(=O)c1sccc1-n1cnnn1. The minimum atomic E-state index is -0.523. The van der Waals surface area contributed by atoms with Gasteiger partial charge < -0.3 is 10.4 Å². The first-order valence-corrected chi connectivity index (χ1v) is 6.37. The third-order valence-electron chi connectivity index (χ3n) is 2.42. The van der Waals surface area contributed by atoms with Crippen LogP contribution in [0.25, 0.3) is 5.69 Å². The number of thiophene rings is 1. The molecule has 7 nitrogen and oxygen atoms in total. The molecule has 18 heavy (non-hydrogen) atoms. The van der Waals surface area contributed by atoms with Crippen LogP contribution in [0.15, 0.2) is 17.8 Å². The summed E-state index contributed by atoms with van der Waals surface area (Å²) in [5.74, 6) is -0.233. The molecule has 0 aliphatic rings. The van der Waals surface area contributed by atoms with Crippen LogP contribution in [0, 0.1) is 0 Å². The fraction of sp³-hybridized carbons (Fsp3) is 0.400. The van der Waals surface area contributed by atoms with E-state index in [9.17, 15) is 9.90 Å². The Labute approximate surface area is 107 Å². The number of nitrogens with zero attached hydrogens (tertiary/aromatic N) is 4. The molecular weight excluding hydrogens is 254 g/mol. The average molecular weight is 267 g/mol. The van der Waals surface area contributed by atoms with Crippen molar-refractivity contribution in [2.45, 2.75) is 19.4 Å². The fourth-order valence-corrected chi connectivity index (χ4v) is 2.15. The highest BCUT2D eigenvalue weighted by Gasteiger charge is 2.15. The van der Waals surface area contributed by atoms with Crippen LogP contribution in [0.4, 0.5) is 0 Å². The molecule has 0 aromatic carbocycles. The molecule has 2 rings (SSSR count). The molecule has 0 aliphatic heterocycles. The Kier molecular flexibility index (Phi) is 4.00. The molecule has 0 aliphatic carbocycles. The summed E-state index contributed by atoms with van der Waals surface area (Å²) in [4.78, 5) is 12.5. The molecular formula is C10H13N5O2S. The number of hydrogen-bond acceptors (Lipinski definition) is 6. The van der Waals surface area contributed by atoms with E-state index in [1.54, 1.807) is 11.4 Å². The molecule has 1 amide bonds. The maximum atomic E-state index is 11.9. The summed E-state index contributed by atoms with van der Waals surface area (Å²) in [5.41, 5.74) is 0.633. The van der Waals surface area contributed by atoms with Crippen LogP contribution in [-0.2, 0) is 0 Å². The van der Waals surface area contributed by atoms with Crippen molar-refractivity contribution in [3.05, 3.63) is 22.7 Å². The molecule has 8 heteroatoms. The Bertz CT molecular complexity index is 510. The standard InChI is InChI=1S/C10H13N5O2S/c1-2-7(16)5-11-10(17)9-8(3-4-18-9)15-6-12-13-14-15/h3-4,6-7,16H,2,5H2,1H3,(H,11,17). The Balaban J connectivity index is 2.10. The lowest BCUT2D eigenvalue weighted by atomic mass is 10.3. The van der Waals surface area contributed by atoms with E-state index < -0.39 is 6.10 Å². The lowest BCUT2D eigenvalue weighted by molar-refractivity contribution is 0.0917. The van der Waals surface area contributed by atoms with Crippen LogP contribution < -0.4 is 5.32 Å². The van der Waals surface area contributed by atoms with E-state index in [4.69, 9.17) is 0 Å². The maximum Gasteiger partial charge on any atom is 0.263 e. The monoisotopic (exact) mass is 267 g/mol. The molecule has 96 valence electrons. The van der Waals surface area contributed by atoms with Crippen LogP contribution in [0.1, 0.15) is 23.0 Å². The Morgan fingerprint density at radius 1 is 1.67 bits per heavy atom. The van der Waals surface area contributed by atoms with Crippen LogP contribution >= 0.6 is 11.3 Å². The molecule has 2 N–H and O–H groups in total. The first-order chi connectivity index (χ1) is 8.72. The van der Waals surface area contributed by atoms with Gasteiger partial charge in [0.2, 0.25) is 0 Å². The average Bonchev–Trinajstić information content (AvgIpc) is 3.04. The maximum absolute atomic E-state index is 11.9. The van der Waals surface area contributed by atoms with E-state index in [0.717, 1.165) is 0 Å². The van der Waals surface area contributed by atoms with Crippen molar-refractivity contribution in [3.63, 3.8) is 0 Å². The molecule has 2 aromatic heterocycles. The number of aliphatic hydroxyl groups is 1. The van der Waals surface area contributed by atoms with Gasteiger partial charge in [-0.3, -0.25) is 4.79 Å². The zero-order valence-electron chi connectivity index (χ0n) is 9.78. The lowest BCUT2D eigenvalue weighted by Crippen LogP contribution is -2.31. The van der Waals surface area contributed by atoms with Gasteiger partial charge in [-0.2, -0.15) is 4.68 Å². The number of nitrogens with one attached hydrogen (secondary N) is 1. The zero-order chi connectivity index (χ0) is 13.0. The van der Waals surface area contributed by atoms with Crippen molar-refractivity contribution < 1.29 is 9.90 Å². The highest BCUT2D eigenvalue weighted by Crippen LogP contribution is 2.19. The predicted molar refractivity (Wildman–Crippen MR) is 65.7 cm³/mol. The van der Waals surface area contributed by atoms with Crippen molar-refractivity contribution in [1.82, 2.24) is 25.5 Å². The minimum absolute atomic E-state index is 0.233. The molecule has 0 fully saturated rings. The Hall–Kier alpha value is -1.80. The second-order valence-corrected chi connectivity index (χ2v) is 4.58. The summed E-state index contributed by atoms with van der Waals surface area (Å²) in [5, 5.41) is 24.7. The normalized spacial score (nSPS) is 12.3. The topological polar surface area (TPSA) is 92.9 Å². The number of rotatable bonds is 5. The first kappa shape index (κ1) is 12.7. The second-order valence-electron chi connectivity index (χ2n) is 3.66. The number of amides is 1. The Morgan fingerprint density at radius 2 is 2.50 bits per heavy atom. The van der Waals surface area contributed by atoms with E-state index in [1.165, 1.54) is 22.3 Å². The molecule has 0 saturated heterocycles. The van der Waals surface area contributed by atoms with Gasteiger partial charge in [-0.25, -0.2) is 0 Å². The number of hydrogen-bond donors (Lipinski definition) is 2. The molecule has 2 heterocycles. The second kappa shape index (κ2) is 5.69. The predicted octanol–water partition coefficient (Wildman–Crippen LogP) is 0.224. The lowest BCUT2D eigenvalue weighted by Gasteiger charge is -2.09. The Morgan fingerprint density at radius 3 is 3.17 bits per heavy atom. The quantitative estimate of drug-likeness (QED) is 0.808. The van der Waals surface area contributed by atoms with Gasteiger partial charge in [0.25, 0.3) is 5.91 Å². The van der Waals surface area contributed by atoms with E-state index in [-0.39, 0.29) is 12.5 Å². The highest BCUT2D eigenvalue weighted by molar-refractivity contribution is 7.12. The zero-order valence-corrected chi connectivity index (χ0v) is 10.6. The van der Waals surface area contributed by atoms with Crippen molar-refractivity contribution in [3.8, 4) is 5.69 Å². The summed E-state index contributed by atoms with van der Waals surface area (Å²) < 4.78 is 1.43. The summed E-state index contributed by atoms with van der Waals surface area (Å²) >= 11 is 1.31. The molecule has 2 aromatic rings. The number of tetrazole rings is 1. The van der Waals surface area contributed by atoms with E-state index in [1.807, 2.05) is 6.92 Å². The third-order valence-corrected chi connectivity index (χ3v) is 3.32. The molecule has 1 unspecified atom stereocenters. The fourth-order valence-electron chi connectivity index (χ4n) is 1.36. The number of aromatic nitrogens is 4. The number of carbonyl (C=O) groups is 1. The third kappa shape index (κ3) is 2.71. The van der Waals surface area contributed by atoms with Crippen molar-refractivity contribution >= 4 is 17.2 Å². The molecule has 0 bridgehead atoms. The van der Waals surface area contributed by atoms with Crippen molar-refractivity contribution in [1.29, 1.82) is 0 Å². The van der Waals surface area contributed by atoms with Gasteiger partial charge in [-0.05, 0) is 28.3 Å². The molecule has 1 atom stereocenters. The molecule has 0 spiro atoms. The smallest absolute Gasteiger partial charge is 0.263 e. The number of carbonyl (C=O) groups excluding carboxylic acids is 1. The minimum Gasteiger partial charge on any atom is -0.391 e. The highest BCUT2D eigenvalue weighted by atomic mass is 32.1. The molecule has 0 radical (unpaired) electrons. The number of aliphatic hydroxyl groups excluding tert-OH is 1. The first-order valence-electron chi connectivity index (χ1n) is 5.49. The van der Waals surface area contributed by atoms with Crippen LogP contribution in [-0.4, -0.2) is 43.9 Å². The van der Waals surface area contributed by atoms with Crippen LogP contribution in [0.5, 0.6) is 0 Å². The van der Waals surface area contributed by atoms with Gasteiger partial charge in [0.15, 0.2) is 0 Å². The summed E-state index contributed by atoms with van der Waals surface area (Å²) in [7, 11) is 0. The van der Waals surface area contributed by atoms with Gasteiger partial charge in [0.05, 0.1) is 11.8 Å². The molecule has 0 saturated carbocycles. The van der Waals surface area contributed by atoms with Gasteiger partial charge in [-0.1, -0.05) is 6.92 Å². The van der Waals surface area contributed by atoms with Gasteiger partial charge in [0, 0.05) is 6.54 Å². The summed E-state index contributed by atoms with van der Waals surface area (Å²) in [6, 6.07) is 1.77. The van der Waals surface area contributed by atoms with Crippen molar-refractivity contribution in [2.24, 2.45) is 0 Å². The summed E-state index contributed by atoms with van der Waals surface area (Å²) in [6.07, 6.45) is 1.51. The van der Waals surface area contributed by atoms with E-state index >= 15 is 0 Å².